The Labute approximate surface area is 109 Å². The van der Waals surface area contributed by atoms with Crippen LogP contribution in [0.1, 0.15) is 10.4 Å². The van der Waals surface area contributed by atoms with E-state index in [1.165, 1.54) is 12.3 Å². The third-order valence-corrected chi connectivity index (χ3v) is 2.51. The first-order valence-electron chi connectivity index (χ1n) is 5.14. The average molecular weight is 263 g/mol. The van der Waals surface area contributed by atoms with Gasteiger partial charge in [0.05, 0.1) is 5.56 Å². The lowest BCUT2D eigenvalue weighted by atomic mass is 10.1. The summed E-state index contributed by atoms with van der Waals surface area (Å²) in [4.78, 5) is 15.8. The molecule has 18 heavy (non-hydrogen) atoms. The Morgan fingerprint density at radius 3 is 2.67 bits per heavy atom. The Bertz CT molecular complexity index is 600. The van der Waals surface area contributed by atoms with Crippen LogP contribution in [0.5, 0.6) is 0 Å². The standard InChI is InChI=1S/C12H11ClN4O/c13-11-6-8(3-4-16-11)17-12(18)9-2-1-7(14)5-10(9)15/h1-6H,14-15H2,(H,16,17,18). The van der Waals surface area contributed by atoms with Crippen LogP contribution in [-0.2, 0) is 0 Å². The monoisotopic (exact) mass is 262 g/mol. The average Bonchev–Trinajstić information content (AvgIpc) is 2.28. The molecular weight excluding hydrogens is 252 g/mol. The zero-order valence-corrected chi connectivity index (χ0v) is 10.1. The van der Waals surface area contributed by atoms with Gasteiger partial charge in [-0.15, -0.1) is 0 Å². The Balaban J connectivity index is 2.22. The summed E-state index contributed by atoms with van der Waals surface area (Å²) in [5, 5.41) is 2.98. The number of amides is 1. The molecule has 0 bridgehead atoms. The van der Waals surface area contributed by atoms with Crippen molar-refractivity contribution in [2.75, 3.05) is 16.8 Å². The molecule has 92 valence electrons. The van der Waals surface area contributed by atoms with Crippen LogP contribution in [0.25, 0.3) is 0 Å². The highest BCUT2D eigenvalue weighted by Crippen LogP contribution is 2.18. The summed E-state index contributed by atoms with van der Waals surface area (Å²) in [6.45, 7) is 0. The molecule has 2 rings (SSSR count). The molecule has 0 spiro atoms. The van der Waals surface area contributed by atoms with Gasteiger partial charge in [0.1, 0.15) is 5.15 Å². The predicted octanol–water partition coefficient (Wildman–Crippen LogP) is 2.15. The van der Waals surface area contributed by atoms with Crippen molar-refractivity contribution in [3.8, 4) is 0 Å². The SMILES string of the molecule is Nc1ccc(C(=O)Nc2ccnc(Cl)c2)c(N)c1. The minimum atomic E-state index is -0.324. The first kappa shape index (κ1) is 12.2. The number of nitrogens with zero attached hydrogens (tertiary/aromatic N) is 1. The Hall–Kier alpha value is -2.27. The van der Waals surface area contributed by atoms with Gasteiger partial charge in [-0.2, -0.15) is 0 Å². The molecule has 5 N–H and O–H groups in total. The zero-order valence-electron chi connectivity index (χ0n) is 9.35. The van der Waals surface area contributed by atoms with Crippen LogP contribution >= 0.6 is 11.6 Å². The molecule has 1 amide bonds. The maximum Gasteiger partial charge on any atom is 0.257 e. The predicted molar refractivity (Wildman–Crippen MR) is 72.5 cm³/mol. The smallest absolute Gasteiger partial charge is 0.257 e. The topological polar surface area (TPSA) is 94.0 Å². The normalized spacial score (nSPS) is 10.1. The largest absolute Gasteiger partial charge is 0.399 e. The van der Waals surface area contributed by atoms with Gasteiger partial charge >= 0.3 is 0 Å². The van der Waals surface area contributed by atoms with Crippen LogP contribution in [0.4, 0.5) is 17.1 Å². The Morgan fingerprint density at radius 2 is 2.00 bits per heavy atom. The number of benzene rings is 1. The number of anilines is 3. The second-order valence-electron chi connectivity index (χ2n) is 3.67. The number of pyridine rings is 1. The highest BCUT2D eigenvalue weighted by atomic mass is 35.5. The lowest BCUT2D eigenvalue weighted by Crippen LogP contribution is -2.14. The molecule has 0 saturated carbocycles. The van der Waals surface area contributed by atoms with E-state index in [0.29, 0.717) is 27.8 Å². The molecule has 0 radical (unpaired) electrons. The number of aromatic nitrogens is 1. The number of nitrogens with one attached hydrogen (secondary N) is 1. The number of carbonyl (C=O) groups excluding carboxylic acids is 1. The van der Waals surface area contributed by atoms with E-state index >= 15 is 0 Å². The molecule has 0 aliphatic carbocycles. The summed E-state index contributed by atoms with van der Waals surface area (Å²) < 4.78 is 0. The first-order chi connectivity index (χ1) is 8.56. The van der Waals surface area contributed by atoms with Crippen LogP contribution in [0.3, 0.4) is 0 Å². The molecule has 0 aliphatic rings. The van der Waals surface area contributed by atoms with Gasteiger partial charge in [-0.3, -0.25) is 4.79 Å². The van der Waals surface area contributed by atoms with E-state index in [2.05, 4.69) is 10.3 Å². The van der Waals surface area contributed by atoms with E-state index in [4.69, 9.17) is 23.1 Å². The molecule has 1 aromatic heterocycles. The highest BCUT2D eigenvalue weighted by Gasteiger charge is 2.10. The Morgan fingerprint density at radius 1 is 1.22 bits per heavy atom. The van der Waals surface area contributed by atoms with Crippen molar-refractivity contribution in [3.05, 3.63) is 47.2 Å². The summed E-state index contributed by atoms with van der Waals surface area (Å²) in [6.07, 6.45) is 1.50. The quantitative estimate of drug-likeness (QED) is 0.571. The molecular formula is C12H11ClN4O. The summed E-state index contributed by atoms with van der Waals surface area (Å²) in [7, 11) is 0. The molecule has 0 saturated heterocycles. The number of rotatable bonds is 2. The van der Waals surface area contributed by atoms with Crippen LogP contribution in [0, 0.1) is 0 Å². The number of hydrogen-bond donors (Lipinski definition) is 3. The van der Waals surface area contributed by atoms with E-state index in [-0.39, 0.29) is 5.91 Å². The maximum atomic E-state index is 12.0. The third-order valence-electron chi connectivity index (χ3n) is 2.30. The number of hydrogen-bond acceptors (Lipinski definition) is 4. The van der Waals surface area contributed by atoms with E-state index in [9.17, 15) is 4.79 Å². The second kappa shape index (κ2) is 4.93. The molecule has 0 unspecified atom stereocenters. The lowest BCUT2D eigenvalue weighted by Gasteiger charge is -2.08. The fourth-order valence-electron chi connectivity index (χ4n) is 1.47. The van der Waals surface area contributed by atoms with Gasteiger partial charge in [0, 0.05) is 23.3 Å². The van der Waals surface area contributed by atoms with Crippen molar-refractivity contribution in [1.29, 1.82) is 0 Å². The van der Waals surface area contributed by atoms with Gasteiger partial charge in [-0.05, 0) is 30.3 Å². The van der Waals surface area contributed by atoms with Crippen molar-refractivity contribution < 1.29 is 4.79 Å². The molecule has 0 atom stereocenters. The van der Waals surface area contributed by atoms with E-state index < -0.39 is 0 Å². The maximum absolute atomic E-state index is 12.0. The van der Waals surface area contributed by atoms with Crippen molar-refractivity contribution in [2.24, 2.45) is 0 Å². The molecule has 6 heteroatoms. The zero-order chi connectivity index (χ0) is 13.1. The van der Waals surface area contributed by atoms with Gasteiger partial charge in [0.25, 0.3) is 5.91 Å². The van der Waals surface area contributed by atoms with E-state index in [1.54, 1.807) is 24.3 Å². The van der Waals surface area contributed by atoms with Gasteiger partial charge in [0.2, 0.25) is 0 Å². The van der Waals surface area contributed by atoms with Crippen LogP contribution in [-0.4, -0.2) is 10.9 Å². The van der Waals surface area contributed by atoms with Gasteiger partial charge in [-0.1, -0.05) is 11.6 Å². The minimum absolute atomic E-state index is 0.304. The fraction of sp³-hybridized carbons (Fsp3) is 0. The number of nitrogens with two attached hydrogens (primary N) is 2. The van der Waals surface area contributed by atoms with Crippen molar-refractivity contribution in [3.63, 3.8) is 0 Å². The Kier molecular flexibility index (Phi) is 3.34. The minimum Gasteiger partial charge on any atom is -0.399 e. The second-order valence-corrected chi connectivity index (χ2v) is 4.06. The molecule has 1 heterocycles. The first-order valence-corrected chi connectivity index (χ1v) is 5.52. The molecule has 0 fully saturated rings. The number of nitrogen functional groups attached to an aromatic ring is 2. The molecule has 0 aliphatic heterocycles. The highest BCUT2D eigenvalue weighted by molar-refractivity contribution is 6.29. The number of carbonyl (C=O) groups is 1. The van der Waals surface area contributed by atoms with Crippen molar-refractivity contribution in [1.82, 2.24) is 4.98 Å². The number of halogens is 1. The lowest BCUT2D eigenvalue weighted by molar-refractivity contribution is 0.102. The van der Waals surface area contributed by atoms with Crippen molar-refractivity contribution in [2.45, 2.75) is 0 Å². The summed E-state index contributed by atoms with van der Waals surface area (Å²) in [5.74, 6) is -0.324. The van der Waals surface area contributed by atoms with E-state index in [1.807, 2.05) is 0 Å². The van der Waals surface area contributed by atoms with Crippen LogP contribution in [0.2, 0.25) is 5.15 Å². The molecule has 2 aromatic rings. The molecule has 5 nitrogen and oxygen atoms in total. The fourth-order valence-corrected chi connectivity index (χ4v) is 1.64. The van der Waals surface area contributed by atoms with Crippen molar-refractivity contribution >= 4 is 34.6 Å². The summed E-state index contributed by atoms with van der Waals surface area (Å²) >= 11 is 5.72. The van der Waals surface area contributed by atoms with Crippen LogP contribution in [0.15, 0.2) is 36.5 Å². The van der Waals surface area contributed by atoms with Gasteiger partial charge < -0.3 is 16.8 Å². The summed E-state index contributed by atoms with van der Waals surface area (Å²) in [6, 6.07) is 7.91. The van der Waals surface area contributed by atoms with Crippen LogP contribution < -0.4 is 16.8 Å². The van der Waals surface area contributed by atoms with Gasteiger partial charge in [-0.25, -0.2) is 4.98 Å². The van der Waals surface area contributed by atoms with E-state index in [0.717, 1.165) is 0 Å². The van der Waals surface area contributed by atoms with Gasteiger partial charge in [0.15, 0.2) is 0 Å². The molecule has 1 aromatic carbocycles. The third kappa shape index (κ3) is 2.70. The summed E-state index contributed by atoms with van der Waals surface area (Å²) in [5.41, 5.74) is 13.0.